The Labute approximate surface area is 177 Å². The van der Waals surface area contributed by atoms with Crippen molar-refractivity contribution < 1.29 is 13.9 Å². The molecule has 2 heterocycles. The molecule has 0 saturated carbocycles. The van der Waals surface area contributed by atoms with Gasteiger partial charge in [-0.25, -0.2) is 9.38 Å². The van der Waals surface area contributed by atoms with Crippen molar-refractivity contribution in [2.45, 2.75) is 12.5 Å². The van der Waals surface area contributed by atoms with Gasteiger partial charge in [0.25, 0.3) is 5.91 Å². The van der Waals surface area contributed by atoms with E-state index in [0.29, 0.717) is 33.8 Å². The Kier molecular flexibility index (Phi) is 4.70. The first-order valence-electron chi connectivity index (χ1n) is 9.07. The number of carbonyl (C=O) groups excluding carboxylic acids is 1. The minimum Gasteiger partial charge on any atom is -0.455 e. The molecule has 2 aliphatic heterocycles. The molecule has 1 amide bonds. The number of carbonyl (C=O) groups is 1. The van der Waals surface area contributed by atoms with Crippen LogP contribution in [0.4, 0.5) is 4.39 Å². The summed E-state index contributed by atoms with van der Waals surface area (Å²) in [5.41, 5.74) is 6.78. The van der Waals surface area contributed by atoms with Gasteiger partial charge in [0.1, 0.15) is 11.6 Å². The number of fused-ring (bicyclic) bond motifs is 2. The molecule has 152 valence electrons. The predicted molar refractivity (Wildman–Crippen MR) is 115 cm³/mol. The summed E-state index contributed by atoms with van der Waals surface area (Å²) in [5, 5.41) is 0.268. The second-order valence-electron chi connectivity index (χ2n) is 6.89. The van der Waals surface area contributed by atoms with Crippen LogP contribution in [0.25, 0.3) is 11.1 Å². The average molecular weight is 425 g/mol. The number of ether oxygens (including phenoxy) is 1. The van der Waals surface area contributed by atoms with E-state index in [2.05, 4.69) is 16.7 Å². The summed E-state index contributed by atoms with van der Waals surface area (Å²) in [4.78, 5) is 23.1. The number of rotatable bonds is 2. The van der Waals surface area contributed by atoms with Crippen LogP contribution in [0.2, 0.25) is 5.02 Å². The van der Waals surface area contributed by atoms with E-state index in [1.54, 1.807) is 44.3 Å². The molecule has 30 heavy (non-hydrogen) atoms. The predicted octanol–water partition coefficient (Wildman–Crippen LogP) is 4.01. The highest BCUT2D eigenvalue weighted by molar-refractivity contribution is 6.30. The van der Waals surface area contributed by atoms with E-state index in [4.69, 9.17) is 22.1 Å². The van der Waals surface area contributed by atoms with Crippen LogP contribution in [0.1, 0.15) is 12.5 Å². The van der Waals surface area contributed by atoms with Gasteiger partial charge >= 0.3 is 0 Å². The monoisotopic (exact) mass is 424 g/mol. The Morgan fingerprint density at radius 3 is 2.67 bits per heavy atom. The SMILES string of the molecule is C=NC=C1Oc2ccc(-c3cc(F)cc(Cl)c3)cc2C2(N=C(N)N(C)C2=O)C1=CC. The number of amides is 1. The molecule has 0 fully saturated rings. The van der Waals surface area contributed by atoms with Gasteiger partial charge in [0.15, 0.2) is 17.3 Å². The van der Waals surface area contributed by atoms with Gasteiger partial charge in [-0.3, -0.25) is 14.7 Å². The van der Waals surface area contributed by atoms with Gasteiger partial charge in [0, 0.05) is 23.2 Å². The second-order valence-corrected chi connectivity index (χ2v) is 7.33. The van der Waals surface area contributed by atoms with Crippen LogP contribution in [0.5, 0.6) is 5.75 Å². The van der Waals surface area contributed by atoms with Gasteiger partial charge in [-0.2, -0.15) is 0 Å². The minimum absolute atomic E-state index is 0.0808. The number of nitrogens with zero attached hydrogens (tertiary/aromatic N) is 3. The normalized spacial score (nSPS) is 23.0. The Balaban J connectivity index is 2.02. The van der Waals surface area contributed by atoms with Crippen LogP contribution in [-0.2, 0) is 10.3 Å². The van der Waals surface area contributed by atoms with Gasteiger partial charge in [-0.05, 0) is 55.1 Å². The zero-order chi connectivity index (χ0) is 21.6. The first kappa shape index (κ1) is 19.8. The van der Waals surface area contributed by atoms with Crippen molar-refractivity contribution in [1.29, 1.82) is 0 Å². The van der Waals surface area contributed by atoms with Crippen LogP contribution < -0.4 is 10.5 Å². The molecule has 0 aromatic heterocycles. The molecular formula is C22H18ClFN4O2. The van der Waals surface area contributed by atoms with Gasteiger partial charge in [0.2, 0.25) is 0 Å². The summed E-state index contributed by atoms with van der Waals surface area (Å²) >= 11 is 6.03. The molecule has 6 nitrogen and oxygen atoms in total. The fraction of sp³-hybridized carbons (Fsp3) is 0.136. The molecule has 0 bridgehead atoms. The van der Waals surface area contributed by atoms with E-state index >= 15 is 0 Å². The molecule has 1 atom stereocenters. The van der Waals surface area contributed by atoms with Gasteiger partial charge in [-0.1, -0.05) is 23.7 Å². The van der Waals surface area contributed by atoms with Crippen molar-refractivity contribution in [2.24, 2.45) is 15.7 Å². The summed E-state index contributed by atoms with van der Waals surface area (Å²) in [7, 11) is 1.56. The number of halogens is 2. The summed E-state index contributed by atoms with van der Waals surface area (Å²) in [6.45, 7) is 5.25. The summed E-state index contributed by atoms with van der Waals surface area (Å²) in [5.74, 6) is 0.0552. The van der Waals surface area contributed by atoms with Crippen molar-refractivity contribution in [1.82, 2.24) is 4.90 Å². The maximum atomic E-state index is 13.9. The maximum absolute atomic E-state index is 13.9. The molecule has 8 heteroatoms. The molecule has 4 rings (SSSR count). The fourth-order valence-electron chi connectivity index (χ4n) is 3.82. The van der Waals surface area contributed by atoms with Gasteiger partial charge in [-0.15, -0.1) is 0 Å². The van der Waals surface area contributed by atoms with Crippen molar-refractivity contribution in [3.05, 3.63) is 76.4 Å². The molecular weight excluding hydrogens is 407 g/mol. The van der Waals surface area contributed by atoms with Crippen LogP contribution in [0.15, 0.2) is 70.0 Å². The van der Waals surface area contributed by atoms with E-state index in [0.717, 1.165) is 0 Å². The lowest BCUT2D eigenvalue weighted by Crippen LogP contribution is -2.44. The largest absolute Gasteiger partial charge is 0.455 e. The molecule has 0 saturated heterocycles. The van der Waals surface area contributed by atoms with E-state index in [1.165, 1.54) is 23.2 Å². The number of aliphatic imine (C=N–C) groups is 2. The first-order valence-corrected chi connectivity index (χ1v) is 9.45. The third-order valence-electron chi connectivity index (χ3n) is 5.18. The highest BCUT2D eigenvalue weighted by atomic mass is 35.5. The maximum Gasteiger partial charge on any atom is 0.266 e. The molecule has 2 aliphatic rings. The standard InChI is InChI=1S/C22H18ClFN4O2/c1-4-16-19(11-26-2)30-18-6-5-12(13-7-14(23)10-15(24)8-13)9-17(18)22(16)20(29)28(3)21(25)27-22/h4-11H,2H2,1,3H3,(H2,25,27). The van der Waals surface area contributed by atoms with E-state index in [1.807, 2.05) is 0 Å². The lowest BCUT2D eigenvalue weighted by molar-refractivity contribution is -0.129. The van der Waals surface area contributed by atoms with Crippen molar-refractivity contribution >= 4 is 30.2 Å². The van der Waals surface area contributed by atoms with Gasteiger partial charge < -0.3 is 10.5 Å². The van der Waals surface area contributed by atoms with E-state index < -0.39 is 11.4 Å². The number of allylic oxidation sites excluding steroid dienone is 1. The molecule has 2 N–H and O–H groups in total. The molecule has 0 radical (unpaired) electrons. The summed E-state index contributed by atoms with van der Waals surface area (Å²) in [6.07, 6.45) is 3.16. The number of benzene rings is 2. The van der Waals surface area contributed by atoms with Crippen molar-refractivity contribution in [2.75, 3.05) is 7.05 Å². The zero-order valence-electron chi connectivity index (χ0n) is 16.3. The van der Waals surface area contributed by atoms with Gasteiger partial charge in [0.05, 0.1) is 6.20 Å². The van der Waals surface area contributed by atoms with Crippen LogP contribution in [-0.4, -0.2) is 30.5 Å². The number of hydrogen-bond acceptors (Lipinski definition) is 5. The second kappa shape index (κ2) is 7.11. The lowest BCUT2D eigenvalue weighted by atomic mass is 9.78. The fourth-order valence-corrected chi connectivity index (χ4v) is 4.04. The number of nitrogens with two attached hydrogens (primary N) is 1. The summed E-state index contributed by atoms with van der Waals surface area (Å²) < 4.78 is 19.9. The van der Waals surface area contributed by atoms with Crippen LogP contribution in [0.3, 0.4) is 0 Å². The Bertz CT molecular complexity index is 1170. The average Bonchev–Trinajstić information content (AvgIpc) is 2.92. The van der Waals surface area contributed by atoms with E-state index in [9.17, 15) is 9.18 Å². The Morgan fingerprint density at radius 1 is 1.30 bits per heavy atom. The van der Waals surface area contributed by atoms with Crippen LogP contribution in [0, 0.1) is 5.82 Å². The Morgan fingerprint density at radius 2 is 2.07 bits per heavy atom. The van der Waals surface area contributed by atoms with Crippen molar-refractivity contribution in [3.8, 4) is 16.9 Å². The third kappa shape index (κ3) is 2.81. The smallest absolute Gasteiger partial charge is 0.266 e. The molecule has 2 aromatic carbocycles. The molecule has 0 aliphatic carbocycles. The highest BCUT2D eigenvalue weighted by Gasteiger charge is 2.55. The summed E-state index contributed by atoms with van der Waals surface area (Å²) in [6, 6.07) is 9.45. The lowest BCUT2D eigenvalue weighted by Gasteiger charge is -2.35. The van der Waals surface area contributed by atoms with Crippen molar-refractivity contribution in [3.63, 3.8) is 0 Å². The third-order valence-corrected chi connectivity index (χ3v) is 5.40. The van der Waals surface area contributed by atoms with Crippen LogP contribution >= 0.6 is 11.6 Å². The highest BCUT2D eigenvalue weighted by Crippen LogP contribution is 2.51. The number of hydrogen-bond donors (Lipinski definition) is 1. The molecule has 1 unspecified atom stereocenters. The Hall–Kier alpha value is -3.45. The topological polar surface area (TPSA) is 80.3 Å². The zero-order valence-corrected chi connectivity index (χ0v) is 17.1. The number of likely N-dealkylation sites (N-methyl/N-ethyl adjacent to an activating group) is 1. The van der Waals surface area contributed by atoms with E-state index in [-0.39, 0.29) is 16.9 Å². The quantitative estimate of drug-likeness (QED) is 0.739. The minimum atomic E-state index is -1.44. The molecule has 2 aromatic rings. The number of guanidine groups is 1. The molecule has 1 spiro atoms. The first-order chi connectivity index (χ1) is 14.3.